The lowest BCUT2D eigenvalue weighted by Crippen LogP contribution is -2.35. The molecule has 2 N–H and O–H groups in total. The lowest BCUT2D eigenvalue weighted by atomic mass is 9.90. The van der Waals surface area contributed by atoms with E-state index in [4.69, 9.17) is 10.5 Å². The molecular formula is C17H26N2O2. The molecule has 1 atom stereocenters. The Morgan fingerprint density at radius 2 is 2.19 bits per heavy atom. The first-order valence-electron chi connectivity index (χ1n) is 7.61. The number of hydrogen-bond donors (Lipinski definition) is 1. The first-order chi connectivity index (χ1) is 9.93. The molecule has 21 heavy (non-hydrogen) atoms. The molecule has 1 unspecified atom stereocenters. The molecule has 1 aromatic rings. The molecule has 1 saturated heterocycles. The van der Waals surface area contributed by atoms with Gasteiger partial charge in [-0.3, -0.25) is 4.79 Å². The molecule has 1 aromatic carbocycles. The van der Waals surface area contributed by atoms with Gasteiger partial charge in [0.15, 0.2) is 0 Å². The van der Waals surface area contributed by atoms with Crippen molar-refractivity contribution in [2.75, 3.05) is 26.2 Å². The second-order valence-corrected chi connectivity index (χ2v) is 6.45. The van der Waals surface area contributed by atoms with Crippen LogP contribution in [0.1, 0.15) is 30.9 Å². The van der Waals surface area contributed by atoms with Gasteiger partial charge in [-0.25, -0.2) is 0 Å². The van der Waals surface area contributed by atoms with Gasteiger partial charge in [-0.15, -0.1) is 0 Å². The van der Waals surface area contributed by atoms with Gasteiger partial charge in [0.25, 0.3) is 0 Å². The van der Waals surface area contributed by atoms with Crippen LogP contribution in [0.2, 0.25) is 0 Å². The Hall–Kier alpha value is -1.55. The van der Waals surface area contributed by atoms with E-state index in [1.54, 1.807) is 0 Å². The normalized spacial score (nSPS) is 21.6. The van der Waals surface area contributed by atoms with Crippen molar-refractivity contribution < 1.29 is 9.53 Å². The topological polar surface area (TPSA) is 55.6 Å². The van der Waals surface area contributed by atoms with Crippen molar-refractivity contribution in [2.45, 2.75) is 33.6 Å². The van der Waals surface area contributed by atoms with Crippen LogP contribution in [0, 0.1) is 19.3 Å². The Balaban J connectivity index is 1.81. The lowest BCUT2D eigenvalue weighted by molar-refractivity contribution is -0.131. The summed E-state index contributed by atoms with van der Waals surface area (Å²) < 4.78 is 5.75. The van der Waals surface area contributed by atoms with Gasteiger partial charge >= 0.3 is 0 Å². The van der Waals surface area contributed by atoms with Gasteiger partial charge in [0.05, 0.1) is 13.0 Å². The highest BCUT2D eigenvalue weighted by atomic mass is 16.5. The maximum Gasteiger partial charge on any atom is 0.226 e. The molecule has 0 saturated carbocycles. The molecular weight excluding hydrogens is 264 g/mol. The van der Waals surface area contributed by atoms with Crippen LogP contribution in [-0.2, 0) is 4.79 Å². The van der Waals surface area contributed by atoms with E-state index in [9.17, 15) is 4.79 Å². The maximum absolute atomic E-state index is 12.2. The van der Waals surface area contributed by atoms with Gasteiger partial charge in [-0.2, -0.15) is 0 Å². The number of aryl methyl sites for hydroxylation is 2. The highest BCUT2D eigenvalue weighted by molar-refractivity contribution is 5.76. The third-order valence-corrected chi connectivity index (χ3v) is 4.32. The van der Waals surface area contributed by atoms with Gasteiger partial charge in [-0.05, 0) is 49.4 Å². The minimum Gasteiger partial charge on any atom is -0.493 e. The van der Waals surface area contributed by atoms with Crippen molar-refractivity contribution in [3.63, 3.8) is 0 Å². The number of benzene rings is 1. The van der Waals surface area contributed by atoms with Crippen molar-refractivity contribution in [3.8, 4) is 5.75 Å². The van der Waals surface area contributed by atoms with E-state index in [1.165, 1.54) is 5.56 Å². The third-order valence-electron chi connectivity index (χ3n) is 4.32. The van der Waals surface area contributed by atoms with Crippen LogP contribution in [0.4, 0.5) is 0 Å². The molecule has 0 aromatic heterocycles. The molecule has 4 nitrogen and oxygen atoms in total. The number of ether oxygens (including phenoxy) is 1. The van der Waals surface area contributed by atoms with Crippen LogP contribution in [0.3, 0.4) is 0 Å². The first kappa shape index (κ1) is 15.8. The summed E-state index contributed by atoms with van der Waals surface area (Å²) in [4.78, 5) is 14.1. The monoisotopic (exact) mass is 290 g/mol. The highest BCUT2D eigenvalue weighted by Gasteiger charge is 2.34. The van der Waals surface area contributed by atoms with E-state index >= 15 is 0 Å². The van der Waals surface area contributed by atoms with Crippen molar-refractivity contribution in [1.29, 1.82) is 0 Å². The highest BCUT2D eigenvalue weighted by Crippen LogP contribution is 2.28. The van der Waals surface area contributed by atoms with E-state index in [-0.39, 0.29) is 11.3 Å². The minimum absolute atomic E-state index is 0.0870. The zero-order valence-corrected chi connectivity index (χ0v) is 13.3. The summed E-state index contributed by atoms with van der Waals surface area (Å²) in [5, 5.41) is 0. The fraction of sp³-hybridized carbons (Fsp3) is 0.588. The van der Waals surface area contributed by atoms with E-state index < -0.39 is 0 Å². The van der Waals surface area contributed by atoms with E-state index in [0.29, 0.717) is 19.6 Å². The Bertz CT molecular complexity index is 516. The summed E-state index contributed by atoms with van der Waals surface area (Å²) in [6.07, 6.45) is 1.42. The third kappa shape index (κ3) is 3.97. The smallest absolute Gasteiger partial charge is 0.226 e. The average Bonchev–Trinajstić information content (AvgIpc) is 2.86. The first-order valence-corrected chi connectivity index (χ1v) is 7.61. The zero-order valence-electron chi connectivity index (χ0n) is 13.3. The summed E-state index contributed by atoms with van der Waals surface area (Å²) in [5.41, 5.74) is 8.13. The molecule has 0 spiro atoms. The molecule has 1 heterocycles. The number of nitrogens with zero attached hydrogens (tertiary/aromatic N) is 1. The fourth-order valence-corrected chi connectivity index (χ4v) is 2.67. The number of likely N-dealkylation sites (tertiary alicyclic amines) is 1. The molecule has 0 bridgehead atoms. The number of hydrogen-bond acceptors (Lipinski definition) is 3. The standard InChI is InChI=1S/C17H26N2O2/c1-13-4-5-14(2)15(10-13)21-9-6-16(20)19-8-7-17(3,11-18)12-19/h4-5,10H,6-9,11-12,18H2,1-3H3. The summed E-state index contributed by atoms with van der Waals surface area (Å²) >= 11 is 0. The van der Waals surface area contributed by atoms with Crippen molar-refractivity contribution in [2.24, 2.45) is 11.1 Å². The molecule has 2 rings (SSSR count). The Morgan fingerprint density at radius 1 is 1.43 bits per heavy atom. The molecule has 0 aliphatic carbocycles. The molecule has 1 aliphatic rings. The molecule has 0 radical (unpaired) electrons. The van der Waals surface area contributed by atoms with E-state index in [1.807, 2.05) is 30.9 Å². The van der Waals surface area contributed by atoms with Gasteiger partial charge in [0.2, 0.25) is 5.91 Å². The van der Waals surface area contributed by atoms with Gasteiger partial charge in [0.1, 0.15) is 5.75 Å². The lowest BCUT2D eigenvalue weighted by Gasteiger charge is -2.22. The Kier molecular flexibility index (Phi) is 4.88. The van der Waals surface area contributed by atoms with Gasteiger partial charge in [0, 0.05) is 13.1 Å². The Labute approximate surface area is 127 Å². The molecule has 4 heteroatoms. The number of carbonyl (C=O) groups excluding carboxylic acids is 1. The van der Waals surface area contributed by atoms with Gasteiger partial charge < -0.3 is 15.4 Å². The molecule has 1 amide bonds. The quantitative estimate of drug-likeness (QED) is 0.905. The average molecular weight is 290 g/mol. The van der Waals surface area contributed by atoms with Gasteiger partial charge in [-0.1, -0.05) is 19.1 Å². The fourth-order valence-electron chi connectivity index (χ4n) is 2.67. The summed E-state index contributed by atoms with van der Waals surface area (Å²) in [5.74, 6) is 1.04. The minimum atomic E-state index is 0.0870. The van der Waals surface area contributed by atoms with Crippen LogP contribution in [0.25, 0.3) is 0 Å². The second kappa shape index (κ2) is 6.48. The van der Waals surface area contributed by atoms with Crippen molar-refractivity contribution in [3.05, 3.63) is 29.3 Å². The molecule has 1 fully saturated rings. The zero-order chi connectivity index (χ0) is 15.5. The number of carbonyl (C=O) groups is 1. The van der Waals surface area contributed by atoms with Crippen LogP contribution in [0.5, 0.6) is 5.75 Å². The summed E-state index contributed by atoms with van der Waals surface area (Å²) in [7, 11) is 0. The largest absolute Gasteiger partial charge is 0.493 e. The number of amides is 1. The number of nitrogens with two attached hydrogens (primary N) is 1. The van der Waals surface area contributed by atoms with E-state index in [0.717, 1.165) is 30.8 Å². The summed E-state index contributed by atoms with van der Waals surface area (Å²) in [6, 6.07) is 6.12. The van der Waals surface area contributed by atoms with Crippen molar-refractivity contribution in [1.82, 2.24) is 4.90 Å². The SMILES string of the molecule is Cc1ccc(C)c(OCCC(=O)N2CCC(C)(CN)C2)c1. The maximum atomic E-state index is 12.2. The van der Waals surface area contributed by atoms with E-state index in [2.05, 4.69) is 13.0 Å². The molecule has 1 aliphatic heterocycles. The second-order valence-electron chi connectivity index (χ2n) is 6.45. The predicted octanol–water partition coefficient (Wildman–Crippen LogP) is 2.27. The van der Waals surface area contributed by atoms with Crippen LogP contribution < -0.4 is 10.5 Å². The predicted molar refractivity (Wildman–Crippen MR) is 84.4 cm³/mol. The van der Waals surface area contributed by atoms with Crippen LogP contribution >= 0.6 is 0 Å². The Morgan fingerprint density at radius 3 is 2.86 bits per heavy atom. The molecule has 116 valence electrons. The summed E-state index contributed by atoms with van der Waals surface area (Å²) in [6.45, 7) is 8.85. The van der Waals surface area contributed by atoms with Crippen molar-refractivity contribution >= 4 is 5.91 Å². The number of rotatable bonds is 5. The van der Waals surface area contributed by atoms with Crippen LogP contribution in [0.15, 0.2) is 18.2 Å². The van der Waals surface area contributed by atoms with Crippen LogP contribution in [-0.4, -0.2) is 37.0 Å².